The van der Waals surface area contributed by atoms with Gasteiger partial charge in [0.25, 0.3) is 0 Å². The molecule has 88 valence electrons. The molecule has 16 heavy (non-hydrogen) atoms. The van der Waals surface area contributed by atoms with E-state index in [-0.39, 0.29) is 0 Å². The predicted octanol–water partition coefficient (Wildman–Crippen LogP) is 4.46. The van der Waals surface area contributed by atoms with Crippen molar-refractivity contribution in [3.63, 3.8) is 0 Å². The van der Waals surface area contributed by atoms with Gasteiger partial charge in [0.2, 0.25) is 0 Å². The number of para-hydroxylation sites is 1. The normalized spacial score (nSPS) is 16.5. The van der Waals surface area contributed by atoms with Gasteiger partial charge in [0.15, 0.2) is 0 Å². The molecule has 0 aliphatic heterocycles. The van der Waals surface area contributed by atoms with Crippen LogP contribution >= 0.6 is 0 Å². The van der Waals surface area contributed by atoms with E-state index in [0.717, 1.165) is 12.5 Å². The number of hydrogen-bond donors (Lipinski definition) is 1. The van der Waals surface area contributed by atoms with Crippen molar-refractivity contribution in [3.8, 4) is 0 Å². The van der Waals surface area contributed by atoms with E-state index in [1.807, 2.05) is 0 Å². The Morgan fingerprint density at radius 1 is 1.00 bits per heavy atom. The predicted molar refractivity (Wildman–Crippen MR) is 70.7 cm³/mol. The van der Waals surface area contributed by atoms with Crippen molar-refractivity contribution >= 4 is 5.69 Å². The van der Waals surface area contributed by atoms with E-state index in [0.29, 0.717) is 0 Å². The molecule has 0 radical (unpaired) electrons. The van der Waals surface area contributed by atoms with Crippen LogP contribution in [-0.2, 0) is 0 Å². The molecule has 1 aliphatic carbocycles. The number of hydrogen-bond acceptors (Lipinski definition) is 1. The zero-order chi connectivity index (χ0) is 11.1. The summed E-state index contributed by atoms with van der Waals surface area (Å²) >= 11 is 0. The standard InChI is InChI=1S/C15H23N/c1-2-11-15(12-3-1)16-13-7-6-10-14-8-4-5-9-14/h1-3,11-12,14,16H,4-10,13H2. The molecule has 1 nitrogen and oxygen atoms in total. The summed E-state index contributed by atoms with van der Waals surface area (Å²) in [4.78, 5) is 0. The average Bonchev–Trinajstić information content (AvgIpc) is 2.83. The molecular weight excluding hydrogens is 194 g/mol. The molecule has 0 saturated heterocycles. The minimum atomic E-state index is 1.05. The summed E-state index contributed by atoms with van der Waals surface area (Å²) in [6, 6.07) is 10.5. The van der Waals surface area contributed by atoms with Gasteiger partial charge >= 0.3 is 0 Å². The van der Waals surface area contributed by atoms with Crippen LogP contribution in [0.3, 0.4) is 0 Å². The SMILES string of the molecule is c1ccc(NCCCCC2CCCC2)cc1. The second-order valence-corrected chi connectivity index (χ2v) is 4.94. The Morgan fingerprint density at radius 2 is 1.75 bits per heavy atom. The first-order valence-corrected chi connectivity index (χ1v) is 6.74. The molecule has 0 atom stereocenters. The van der Waals surface area contributed by atoms with Crippen LogP contribution in [0.5, 0.6) is 0 Å². The molecule has 1 aromatic rings. The summed E-state index contributed by atoms with van der Waals surface area (Å²) < 4.78 is 0. The minimum absolute atomic E-state index is 1.05. The van der Waals surface area contributed by atoms with Crippen LogP contribution < -0.4 is 5.32 Å². The molecule has 0 unspecified atom stereocenters. The monoisotopic (exact) mass is 217 g/mol. The van der Waals surface area contributed by atoms with Crippen molar-refractivity contribution in [2.45, 2.75) is 44.9 Å². The lowest BCUT2D eigenvalue weighted by molar-refractivity contribution is 0.477. The van der Waals surface area contributed by atoms with Gasteiger partial charge in [0, 0.05) is 12.2 Å². The number of nitrogens with one attached hydrogen (secondary N) is 1. The van der Waals surface area contributed by atoms with Crippen LogP contribution in [0.1, 0.15) is 44.9 Å². The fourth-order valence-corrected chi connectivity index (χ4v) is 2.65. The molecule has 1 heteroatoms. The lowest BCUT2D eigenvalue weighted by Crippen LogP contribution is -2.02. The topological polar surface area (TPSA) is 12.0 Å². The number of benzene rings is 1. The Hall–Kier alpha value is -0.980. The summed E-state index contributed by atoms with van der Waals surface area (Å²) in [6.07, 6.45) is 10.1. The molecule has 1 saturated carbocycles. The molecule has 0 spiro atoms. The zero-order valence-electron chi connectivity index (χ0n) is 10.1. The zero-order valence-corrected chi connectivity index (χ0v) is 10.1. The van der Waals surface area contributed by atoms with Crippen LogP contribution in [0.4, 0.5) is 5.69 Å². The first-order valence-electron chi connectivity index (χ1n) is 6.74. The van der Waals surface area contributed by atoms with Crippen LogP contribution in [0.2, 0.25) is 0 Å². The minimum Gasteiger partial charge on any atom is -0.385 e. The Morgan fingerprint density at radius 3 is 2.50 bits per heavy atom. The third-order valence-corrected chi connectivity index (χ3v) is 3.62. The third-order valence-electron chi connectivity index (χ3n) is 3.62. The maximum absolute atomic E-state index is 3.47. The Bertz CT molecular complexity index is 275. The van der Waals surface area contributed by atoms with E-state index in [1.165, 1.54) is 50.6 Å². The highest BCUT2D eigenvalue weighted by atomic mass is 14.9. The van der Waals surface area contributed by atoms with Crippen molar-refractivity contribution < 1.29 is 0 Å². The summed E-state index contributed by atoms with van der Waals surface area (Å²) in [5.74, 6) is 1.05. The molecule has 1 aliphatic rings. The van der Waals surface area contributed by atoms with Gasteiger partial charge in [-0.25, -0.2) is 0 Å². The van der Waals surface area contributed by atoms with E-state index in [4.69, 9.17) is 0 Å². The van der Waals surface area contributed by atoms with Gasteiger partial charge in [-0.3, -0.25) is 0 Å². The first-order chi connectivity index (χ1) is 7.95. The Labute approximate surface area is 99.3 Å². The highest BCUT2D eigenvalue weighted by molar-refractivity contribution is 5.42. The van der Waals surface area contributed by atoms with Gasteiger partial charge < -0.3 is 5.32 Å². The smallest absolute Gasteiger partial charge is 0.0340 e. The van der Waals surface area contributed by atoms with Crippen molar-refractivity contribution in [1.29, 1.82) is 0 Å². The summed E-state index contributed by atoms with van der Waals surface area (Å²) in [5.41, 5.74) is 1.25. The van der Waals surface area contributed by atoms with E-state index >= 15 is 0 Å². The summed E-state index contributed by atoms with van der Waals surface area (Å²) in [6.45, 7) is 1.12. The lowest BCUT2D eigenvalue weighted by atomic mass is 10.0. The Balaban J connectivity index is 1.52. The van der Waals surface area contributed by atoms with E-state index in [2.05, 4.69) is 35.6 Å². The van der Waals surface area contributed by atoms with Crippen LogP contribution in [0.25, 0.3) is 0 Å². The lowest BCUT2D eigenvalue weighted by Gasteiger charge is -2.09. The van der Waals surface area contributed by atoms with Gasteiger partial charge in [0.1, 0.15) is 0 Å². The van der Waals surface area contributed by atoms with E-state index < -0.39 is 0 Å². The van der Waals surface area contributed by atoms with Gasteiger partial charge in [-0.1, -0.05) is 56.7 Å². The summed E-state index contributed by atoms with van der Waals surface area (Å²) in [5, 5.41) is 3.47. The molecule has 0 amide bonds. The molecule has 0 aromatic heterocycles. The van der Waals surface area contributed by atoms with Crippen LogP contribution in [-0.4, -0.2) is 6.54 Å². The fourth-order valence-electron chi connectivity index (χ4n) is 2.65. The van der Waals surface area contributed by atoms with Crippen molar-refractivity contribution in [1.82, 2.24) is 0 Å². The highest BCUT2D eigenvalue weighted by Gasteiger charge is 2.13. The Kier molecular flexibility index (Phi) is 4.72. The van der Waals surface area contributed by atoms with Gasteiger partial charge in [-0.2, -0.15) is 0 Å². The molecule has 1 aromatic carbocycles. The second-order valence-electron chi connectivity index (χ2n) is 4.94. The average molecular weight is 217 g/mol. The fraction of sp³-hybridized carbons (Fsp3) is 0.600. The number of rotatable bonds is 6. The van der Waals surface area contributed by atoms with Crippen molar-refractivity contribution in [2.24, 2.45) is 5.92 Å². The quantitative estimate of drug-likeness (QED) is 0.694. The maximum atomic E-state index is 3.47. The van der Waals surface area contributed by atoms with Crippen molar-refractivity contribution in [3.05, 3.63) is 30.3 Å². The van der Waals surface area contributed by atoms with Gasteiger partial charge in [-0.15, -0.1) is 0 Å². The second kappa shape index (κ2) is 6.57. The first kappa shape index (κ1) is 11.5. The maximum Gasteiger partial charge on any atom is 0.0340 e. The highest BCUT2D eigenvalue weighted by Crippen LogP contribution is 2.28. The van der Waals surface area contributed by atoms with Gasteiger partial charge in [0.05, 0.1) is 0 Å². The third kappa shape index (κ3) is 3.88. The molecule has 0 heterocycles. The molecule has 2 rings (SSSR count). The number of unbranched alkanes of at least 4 members (excludes halogenated alkanes) is 1. The molecule has 0 bridgehead atoms. The van der Waals surface area contributed by atoms with E-state index in [9.17, 15) is 0 Å². The van der Waals surface area contributed by atoms with Crippen molar-refractivity contribution in [2.75, 3.05) is 11.9 Å². The molecule has 1 N–H and O–H groups in total. The van der Waals surface area contributed by atoms with E-state index in [1.54, 1.807) is 0 Å². The summed E-state index contributed by atoms with van der Waals surface area (Å²) in [7, 11) is 0. The molecular formula is C15H23N. The van der Waals surface area contributed by atoms with Gasteiger partial charge in [-0.05, 0) is 24.5 Å². The largest absolute Gasteiger partial charge is 0.385 e. The van der Waals surface area contributed by atoms with Crippen LogP contribution in [0.15, 0.2) is 30.3 Å². The molecule has 1 fully saturated rings. The number of anilines is 1. The van der Waals surface area contributed by atoms with Crippen LogP contribution in [0, 0.1) is 5.92 Å².